The smallest absolute Gasteiger partial charge is 0.306 e. The molecule has 15 heavy (non-hydrogen) atoms. The molecule has 84 valence electrons. The second kappa shape index (κ2) is 7.14. The maximum atomic E-state index is 11.2. The van der Waals surface area contributed by atoms with Gasteiger partial charge in [0.05, 0.1) is 10.8 Å². The van der Waals surface area contributed by atoms with Crippen LogP contribution in [0.15, 0.2) is 12.1 Å². The molecule has 1 rings (SSSR count). The lowest BCUT2D eigenvalue weighted by Crippen LogP contribution is -2.07. The zero-order valence-corrected chi connectivity index (χ0v) is 10.9. The van der Waals surface area contributed by atoms with Gasteiger partial charge in [-0.1, -0.05) is 11.6 Å². The van der Waals surface area contributed by atoms with Crippen LogP contribution in [0.3, 0.4) is 0 Å². The maximum absolute atomic E-state index is 11.2. The lowest BCUT2D eigenvalue weighted by Gasteiger charge is -2.02. The highest BCUT2D eigenvalue weighted by Gasteiger charge is 2.04. The molecule has 0 saturated heterocycles. The van der Waals surface area contributed by atoms with Crippen LogP contribution in [0.1, 0.15) is 11.3 Å². The fourth-order valence-corrected chi connectivity index (χ4v) is 2.36. The van der Waals surface area contributed by atoms with Gasteiger partial charge < -0.3 is 4.74 Å². The van der Waals surface area contributed by atoms with Crippen molar-refractivity contribution in [2.45, 2.75) is 12.8 Å². The molecule has 0 spiro atoms. The lowest BCUT2D eigenvalue weighted by molar-refractivity contribution is -0.142. The molecule has 0 aliphatic heterocycles. The number of ether oxygens (including phenoxy) is 1. The van der Waals surface area contributed by atoms with Crippen molar-refractivity contribution in [3.8, 4) is 0 Å². The van der Waals surface area contributed by atoms with E-state index in [-0.39, 0.29) is 5.97 Å². The van der Waals surface area contributed by atoms with E-state index in [9.17, 15) is 4.79 Å². The van der Waals surface area contributed by atoms with E-state index in [1.807, 2.05) is 18.4 Å². The van der Waals surface area contributed by atoms with Crippen LogP contribution in [-0.4, -0.2) is 24.6 Å². The summed E-state index contributed by atoms with van der Waals surface area (Å²) in [5, 5.41) is 0. The molecule has 1 aromatic rings. The summed E-state index contributed by atoms with van der Waals surface area (Å²) in [4.78, 5) is 12.4. The van der Waals surface area contributed by atoms with Crippen LogP contribution < -0.4 is 0 Å². The predicted octanol–water partition coefficient (Wildman–Crippen LogP) is 3.24. The molecule has 0 amide bonds. The van der Waals surface area contributed by atoms with Gasteiger partial charge in [0.2, 0.25) is 0 Å². The van der Waals surface area contributed by atoms with E-state index in [2.05, 4.69) is 0 Å². The van der Waals surface area contributed by atoms with Crippen LogP contribution >= 0.6 is 34.7 Å². The van der Waals surface area contributed by atoms with Crippen molar-refractivity contribution in [2.75, 3.05) is 18.6 Å². The zero-order valence-electron chi connectivity index (χ0n) is 8.49. The SMILES string of the molecule is CSCCOC(=O)CCc1ccc(Cl)s1. The highest BCUT2D eigenvalue weighted by Crippen LogP contribution is 2.22. The molecule has 0 bridgehead atoms. The highest BCUT2D eigenvalue weighted by molar-refractivity contribution is 7.98. The van der Waals surface area contributed by atoms with Crippen LogP contribution in [-0.2, 0) is 16.0 Å². The van der Waals surface area contributed by atoms with Crippen molar-refractivity contribution < 1.29 is 9.53 Å². The van der Waals surface area contributed by atoms with Gasteiger partial charge in [-0.3, -0.25) is 4.79 Å². The summed E-state index contributed by atoms with van der Waals surface area (Å²) in [5.41, 5.74) is 0. The average molecular weight is 265 g/mol. The Morgan fingerprint density at radius 1 is 1.60 bits per heavy atom. The molecule has 0 aromatic carbocycles. The Balaban J connectivity index is 2.16. The van der Waals surface area contributed by atoms with Gasteiger partial charge in [-0.05, 0) is 24.8 Å². The summed E-state index contributed by atoms with van der Waals surface area (Å²) in [7, 11) is 0. The topological polar surface area (TPSA) is 26.3 Å². The van der Waals surface area contributed by atoms with E-state index in [0.717, 1.165) is 21.4 Å². The van der Waals surface area contributed by atoms with Crippen molar-refractivity contribution in [3.05, 3.63) is 21.3 Å². The average Bonchev–Trinajstić information content (AvgIpc) is 2.62. The Hall–Kier alpha value is -0.190. The third-order valence-corrected chi connectivity index (χ3v) is 3.62. The van der Waals surface area contributed by atoms with Gasteiger partial charge in [-0.15, -0.1) is 11.3 Å². The Morgan fingerprint density at radius 3 is 3.00 bits per heavy atom. The molecule has 0 atom stereocenters. The first kappa shape index (κ1) is 12.9. The number of rotatable bonds is 6. The van der Waals surface area contributed by atoms with E-state index in [4.69, 9.17) is 16.3 Å². The molecule has 0 unspecified atom stereocenters. The van der Waals surface area contributed by atoms with Gasteiger partial charge >= 0.3 is 5.97 Å². The minimum atomic E-state index is -0.131. The summed E-state index contributed by atoms with van der Waals surface area (Å²) < 4.78 is 5.79. The summed E-state index contributed by atoms with van der Waals surface area (Å²) in [6, 6.07) is 3.79. The van der Waals surface area contributed by atoms with E-state index in [0.29, 0.717) is 13.0 Å². The van der Waals surface area contributed by atoms with Crippen LogP contribution in [0.5, 0.6) is 0 Å². The van der Waals surface area contributed by atoms with Crippen molar-refractivity contribution in [2.24, 2.45) is 0 Å². The number of thioether (sulfide) groups is 1. The second-order valence-corrected chi connectivity index (χ2v) is 5.70. The minimum Gasteiger partial charge on any atom is -0.465 e. The van der Waals surface area contributed by atoms with Crippen LogP contribution in [0, 0.1) is 0 Å². The van der Waals surface area contributed by atoms with Crippen molar-refractivity contribution in [1.82, 2.24) is 0 Å². The fourth-order valence-electron chi connectivity index (χ4n) is 1.02. The second-order valence-electron chi connectivity index (χ2n) is 2.92. The monoisotopic (exact) mass is 264 g/mol. The number of hydrogen-bond donors (Lipinski definition) is 0. The molecule has 0 saturated carbocycles. The normalized spacial score (nSPS) is 10.3. The van der Waals surface area contributed by atoms with Crippen molar-refractivity contribution in [1.29, 1.82) is 0 Å². The van der Waals surface area contributed by atoms with Crippen LogP contribution in [0.2, 0.25) is 4.34 Å². The first-order chi connectivity index (χ1) is 7.22. The molecule has 0 aliphatic carbocycles. The first-order valence-electron chi connectivity index (χ1n) is 4.61. The Bertz CT molecular complexity index is 312. The minimum absolute atomic E-state index is 0.131. The van der Waals surface area contributed by atoms with E-state index in [1.54, 1.807) is 11.8 Å². The molecular weight excluding hydrogens is 252 g/mol. The van der Waals surface area contributed by atoms with E-state index in [1.165, 1.54) is 11.3 Å². The number of hydrogen-bond acceptors (Lipinski definition) is 4. The van der Waals surface area contributed by atoms with E-state index >= 15 is 0 Å². The number of aryl methyl sites for hydroxylation is 1. The largest absolute Gasteiger partial charge is 0.465 e. The van der Waals surface area contributed by atoms with Crippen LogP contribution in [0.25, 0.3) is 0 Å². The van der Waals surface area contributed by atoms with Gasteiger partial charge in [-0.2, -0.15) is 11.8 Å². The van der Waals surface area contributed by atoms with Gasteiger partial charge in [0.1, 0.15) is 6.61 Å². The molecule has 0 radical (unpaired) electrons. The Labute approximate surface area is 103 Å². The molecule has 5 heteroatoms. The number of halogens is 1. The van der Waals surface area contributed by atoms with Gasteiger partial charge in [0.25, 0.3) is 0 Å². The first-order valence-corrected chi connectivity index (χ1v) is 7.20. The molecular formula is C10H13ClO2S2. The number of carbonyl (C=O) groups is 1. The fraction of sp³-hybridized carbons (Fsp3) is 0.500. The van der Waals surface area contributed by atoms with Crippen LogP contribution in [0.4, 0.5) is 0 Å². The molecule has 0 fully saturated rings. The third kappa shape index (κ3) is 5.44. The summed E-state index contributed by atoms with van der Waals surface area (Å²) in [6.07, 6.45) is 3.14. The van der Waals surface area contributed by atoms with E-state index < -0.39 is 0 Å². The molecule has 2 nitrogen and oxygen atoms in total. The highest BCUT2D eigenvalue weighted by atomic mass is 35.5. The number of thiophene rings is 1. The Kier molecular flexibility index (Phi) is 6.13. The zero-order chi connectivity index (χ0) is 11.1. The molecule has 1 aromatic heterocycles. The maximum Gasteiger partial charge on any atom is 0.306 e. The van der Waals surface area contributed by atoms with Crippen molar-refractivity contribution in [3.63, 3.8) is 0 Å². The molecule has 0 N–H and O–H groups in total. The summed E-state index contributed by atoms with van der Waals surface area (Å²) in [5.74, 6) is 0.727. The molecule has 1 heterocycles. The summed E-state index contributed by atoms with van der Waals surface area (Å²) in [6.45, 7) is 0.505. The Morgan fingerprint density at radius 2 is 2.40 bits per heavy atom. The van der Waals surface area contributed by atoms with Crippen molar-refractivity contribution >= 4 is 40.7 Å². The van der Waals surface area contributed by atoms with Gasteiger partial charge in [-0.25, -0.2) is 0 Å². The number of carbonyl (C=O) groups excluding carboxylic acids is 1. The third-order valence-electron chi connectivity index (χ3n) is 1.75. The standard InChI is InChI=1S/C10H13ClO2S2/c1-14-7-6-13-10(12)5-3-8-2-4-9(11)15-8/h2,4H,3,5-7H2,1H3. The lowest BCUT2D eigenvalue weighted by atomic mass is 10.3. The van der Waals surface area contributed by atoms with Gasteiger partial charge in [0, 0.05) is 10.6 Å². The quantitative estimate of drug-likeness (QED) is 0.583. The molecule has 0 aliphatic rings. The van der Waals surface area contributed by atoms with Gasteiger partial charge in [0.15, 0.2) is 0 Å². The summed E-state index contributed by atoms with van der Waals surface area (Å²) >= 11 is 8.96. The predicted molar refractivity (Wildman–Crippen MR) is 67.0 cm³/mol. The number of esters is 1.